The first-order chi connectivity index (χ1) is 9.81. The number of amides is 1. The maximum absolute atomic E-state index is 11.1. The molecular formula is C14H16N4O2. The predicted octanol–water partition coefficient (Wildman–Crippen LogP) is 1.10. The van der Waals surface area contributed by atoms with Crippen LogP contribution in [-0.2, 0) is 11.3 Å². The van der Waals surface area contributed by atoms with Crippen molar-refractivity contribution in [3.63, 3.8) is 0 Å². The lowest BCUT2D eigenvalue weighted by atomic mass is 10.2. The summed E-state index contributed by atoms with van der Waals surface area (Å²) >= 11 is 0. The van der Waals surface area contributed by atoms with Gasteiger partial charge in [-0.15, -0.1) is 10.2 Å². The number of carbonyl (C=O) groups excluding carboxylic acids is 1. The molecule has 2 N–H and O–H groups in total. The molecule has 2 aromatic rings. The Bertz CT molecular complexity index is 582. The first-order valence-electron chi connectivity index (χ1n) is 6.69. The predicted molar refractivity (Wildman–Crippen MR) is 72.6 cm³/mol. The molecule has 1 unspecified atom stereocenters. The Hall–Kier alpha value is -2.21. The highest BCUT2D eigenvalue weighted by Gasteiger charge is 2.20. The summed E-state index contributed by atoms with van der Waals surface area (Å²) in [7, 11) is 0. The molecule has 0 bridgehead atoms. The zero-order chi connectivity index (χ0) is 13.8. The van der Waals surface area contributed by atoms with Gasteiger partial charge in [-0.3, -0.25) is 4.79 Å². The van der Waals surface area contributed by atoms with Crippen LogP contribution < -0.4 is 10.6 Å². The fourth-order valence-corrected chi connectivity index (χ4v) is 2.21. The molecule has 6 heteroatoms. The van der Waals surface area contributed by atoms with Crippen LogP contribution in [-0.4, -0.2) is 28.7 Å². The van der Waals surface area contributed by atoms with Gasteiger partial charge < -0.3 is 15.1 Å². The van der Waals surface area contributed by atoms with Crippen molar-refractivity contribution in [2.24, 2.45) is 0 Å². The monoisotopic (exact) mass is 272 g/mol. The van der Waals surface area contributed by atoms with Gasteiger partial charge in [0.25, 0.3) is 0 Å². The number of benzene rings is 1. The van der Waals surface area contributed by atoms with E-state index in [-0.39, 0.29) is 11.9 Å². The summed E-state index contributed by atoms with van der Waals surface area (Å²) in [6.07, 6.45) is 1.50. The quantitative estimate of drug-likeness (QED) is 0.852. The first-order valence-corrected chi connectivity index (χ1v) is 6.69. The molecule has 20 heavy (non-hydrogen) atoms. The molecule has 1 aliphatic heterocycles. The number of nitrogens with zero attached hydrogens (tertiary/aromatic N) is 2. The average Bonchev–Trinajstić information content (AvgIpc) is 3.09. The SMILES string of the molecule is O=C1CCC(CNCc2nnc(-c3ccccc3)o2)N1. The minimum Gasteiger partial charge on any atom is -0.419 e. The van der Waals surface area contributed by atoms with E-state index in [0.29, 0.717) is 24.7 Å². The van der Waals surface area contributed by atoms with Gasteiger partial charge in [-0.25, -0.2) is 0 Å². The van der Waals surface area contributed by atoms with Crippen LogP contribution in [0.1, 0.15) is 18.7 Å². The minimum absolute atomic E-state index is 0.126. The van der Waals surface area contributed by atoms with Crippen molar-refractivity contribution >= 4 is 5.91 Å². The molecule has 0 saturated carbocycles. The van der Waals surface area contributed by atoms with E-state index in [9.17, 15) is 4.79 Å². The molecule has 1 aromatic heterocycles. The van der Waals surface area contributed by atoms with Crippen molar-refractivity contribution < 1.29 is 9.21 Å². The summed E-state index contributed by atoms with van der Waals surface area (Å²) < 4.78 is 5.58. The molecule has 0 aliphatic carbocycles. The van der Waals surface area contributed by atoms with Crippen molar-refractivity contribution in [2.75, 3.05) is 6.54 Å². The van der Waals surface area contributed by atoms with Crippen LogP contribution in [0.2, 0.25) is 0 Å². The molecule has 104 valence electrons. The Morgan fingerprint density at radius 1 is 1.30 bits per heavy atom. The number of hydrogen-bond donors (Lipinski definition) is 2. The van der Waals surface area contributed by atoms with Gasteiger partial charge in [0.05, 0.1) is 6.54 Å². The highest BCUT2D eigenvalue weighted by atomic mass is 16.4. The van der Waals surface area contributed by atoms with Gasteiger partial charge >= 0.3 is 0 Å². The number of nitrogens with one attached hydrogen (secondary N) is 2. The van der Waals surface area contributed by atoms with E-state index in [4.69, 9.17) is 4.42 Å². The lowest BCUT2D eigenvalue weighted by Gasteiger charge is -2.09. The fraction of sp³-hybridized carbons (Fsp3) is 0.357. The van der Waals surface area contributed by atoms with Crippen molar-refractivity contribution in [3.8, 4) is 11.5 Å². The zero-order valence-corrected chi connectivity index (χ0v) is 11.0. The number of aromatic nitrogens is 2. The molecule has 3 rings (SSSR count). The third-order valence-electron chi connectivity index (χ3n) is 3.24. The smallest absolute Gasteiger partial charge is 0.247 e. The van der Waals surface area contributed by atoms with E-state index in [0.717, 1.165) is 18.5 Å². The Labute approximate surface area is 116 Å². The topological polar surface area (TPSA) is 80.1 Å². The normalized spacial score (nSPS) is 18.2. The van der Waals surface area contributed by atoms with Crippen LogP contribution in [0.15, 0.2) is 34.7 Å². The van der Waals surface area contributed by atoms with Crippen molar-refractivity contribution in [2.45, 2.75) is 25.4 Å². The fourth-order valence-electron chi connectivity index (χ4n) is 2.21. The van der Waals surface area contributed by atoms with Gasteiger partial charge in [-0.1, -0.05) is 18.2 Å². The lowest BCUT2D eigenvalue weighted by Crippen LogP contribution is -2.35. The van der Waals surface area contributed by atoms with Gasteiger partial charge in [0.1, 0.15) is 0 Å². The second-order valence-electron chi connectivity index (χ2n) is 4.80. The molecule has 1 fully saturated rings. The van der Waals surface area contributed by atoms with Gasteiger partial charge in [0, 0.05) is 24.6 Å². The Morgan fingerprint density at radius 2 is 2.15 bits per heavy atom. The van der Waals surface area contributed by atoms with Gasteiger partial charge in [-0.2, -0.15) is 0 Å². The van der Waals surface area contributed by atoms with Crippen molar-refractivity contribution in [1.82, 2.24) is 20.8 Å². The van der Waals surface area contributed by atoms with Gasteiger partial charge in [0.2, 0.25) is 17.7 Å². The van der Waals surface area contributed by atoms with E-state index in [2.05, 4.69) is 20.8 Å². The Kier molecular flexibility index (Phi) is 3.73. The average molecular weight is 272 g/mol. The number of carbonyl (C=O) groups is 1. The molecule has 1 saturated heterocycles. The van der Waals surface area contributed by atoms with Crippen molar-refractivity contribution in [1.29, 1.82) is 0 Å². The van der Waals surface area contributed by atoms with Gasteiger partial charge in [-0.05, 0) is 18.6 Å². The summed E-state index contributed by atoms with van der Waals surface area (Å²) in [4.78, 5) is 11.1. The first kappa shape index (κ1) is 12.8. The second-order valence-corrected chi connectivity index (χ2v) is 4.80. The molecule has 1 atom stereocenters. The third-order valence-corrected chi connectivity index (χ3v) is 3.24. The summed E-state index contributed by atoms with van der Waals surface area (Å²) in [6, 6.07) is 9.87. The molecule has 0 radical (unpaired) electrons. The molecular weight excluding hydrogens is 256 g/mol. The van der Waals surface area contributed by atoms with Crippen LogP contribution in [0, 0.1) is 0 Å². The maximum atomic E-state index is 11.1. The van der Waals surface area contributed by atoms with Crippen LogP contribution in [0.4, 0.5) is 0 Å². The molecule has 2 heterocycles. The lowest BCUT2D eigenvalue weighted by molar-refractivity contribution is -0.119. The maximum Gasteiger partial charge on any atom is 0.247 e. The Morgan fingerprint density at radius 3 is 2.90 bits per heavy atom. The van der Waals surface area contributed by atoms with Crippen LogP contribution in [0.5, 0.6) is 0 Å². The Balaban J connectivity index is 1.52. The summed E-state index contributed by atoms with van der Waals surface area (Å²) in [5.74, 6) is 1.20. The number of rotatable bonds is 5. The van der Waals surface area contributed by atoms with Crippen LogP contribution in [0.3, 0.4) is 0 Å². The van der Waals surface area contributed by atoms with E-state index in [1.165, 1.54) is 0 Å². The minimum atomic E-state index is 0.126. The summed E-state index contributed by atoms with van der Waals surface area (Å²) in [5, 5.41) is 14.1. The van der Waals surface area contributed by atoms with E-state index in [1.807, 2.05) is 30.3 Å². The number of hydrogen-bond acceptors (Lipinski definition) is 5. The molecule has 1 aromatic carbocycles. The van der Waals surface area contributed by atoms with Gasteiger partial charge in [0.15, 0.2) is 0 Å². The van der Waals surface area contributed by atoms with Crippen LogP contribution >= 0.6 is 0 Å². The van der Waals surface area contributed by atoms with Crippen molar-refractivity contribution in [3.05, 3.63) is 36.2 Å². The largest absolute Gasteiger partial charge is 0.419 e. The third kappa shape index (κ3) is 3.03. The summed E-state index contributed by atoms with van der Waals surface area (Å²) in [5.41, 5.74) is 0.911. The van der Waals surface area contributed by atoms with E-state index in [1.54, 1.807) is 0 Å². The molecule has 6 nitrogen and oxygen atoms in total. The molecule has 1 amide bonds. The summed E-state index contributed by atoms with van der Waals surface area (Å²) in [6.45, 7) is 1.22. The highest BCUT2D eigenvalue weighted by molar-refractivity contribution is 5.78. The highest BCUT2D eigenvalue weighted by Crippen LogP contribution is 2.16. The van der Waals surface area contributed by atoms with Crippen LogP contribution in [0.25, 0.3) is 11.5 Å². The van der Waals surface area contributed by atoms with E-state index >= 15 is 0 Å². The standard InChI is InChI=1S/C14H16N4O2/c19-12-7-6-11(16-12)8-15-9-13-17-18-14(20-13)10-4-2-1-3-5-10/h1-5,11,15H,6-9H2,(H,16,19). The second kappa shape index (κ2) is 5.83. The molecule has 0 spiro atoms. The molecule has 1 aliphatic rings. The van der Waals surface area contributed by atoms with E-state index < -0.39 is 0 Å². The zero-order valence-electron chi connectivity index (χ0n) is 11.0.